The molecule has 2 aromatic carbocycles. The summed E-state index contributed by atoms with van der Waals surface area (Å²) in [4.78, 5) is 24.6. The predicted molar refractivity (Wildman–Crippen MR) is 144 cm³/mol. The minimum Gasteiger partial charge on any atom is -0.492 e. The lowest BCUT2D eigenvalue weighted by molar-refractivity contribution is -0.123. The second kappa shape index (κ2) is 11.1. The van der Waals surface area contributed by atoms with Crippen molar-refractivity contribution in [3.63, 3.8) is 0 Å². The number of amides is 1. The lowest BCUT2D eigenvalue weighted by atomic mass is 9.96. The van der Waals surface area contributed by atoms with Crippen LogP contribution >= 0.6 is 11.3 Å². The standard InChI is InChI=1S/C27H27FN4O4S2/c1-2-36-23-6-3-7-24-25(23)30-27(37-24)32(18-19-5-4-14-29-17-19)26(33)20-12-15-31(16-13-20)38(34,35)22-10-8-21(28)9-11-22/h3-11,14,17,20H,2,12-13,15-16,18H2,1H3. The third-order valence-corrected chi connectivity index (χ3v) is 9.44. The molecule has 0 spiro atoms. The summed E-state index contributed by atoms with van der Waals surface area (Å²) in [5.74, 6) is -0.305. The van der Waals surface area contributed by atoms with Crippen LogP contribution in [-0.2, 0) is 21.4 Å². The Morgan fingerprint density at radius 1 is 1.13 bits per heavy atom. The van der Waals surface area contributed by atoms with Gasteiger partial charge in [0.2, 0.25) is 15.9 Å². The van der Waals surface area contributed by atoms with Crippen molar-refractivity contribution in [2.45, 2.75) is 31.2 Å². The Morgan fingerprint density at radius 3 is 2.58 bits per heavy atom. The number of rotatable bonds is 8. The SMILES string of the molecule is CCOc1cccc2sc(N(Cc3cccnc3)C(=O)C3CCN(S(=O)(=O)c4ccc(F)cc4)CC3)nc12. The van der Waals surface area contributed by atoms with Gasteiger partial charge in [0.1, 0.15) is 17.1 Å². The highest BCUT2D eigenvalue weighted by atomic mass is 32.2. The van der Waals surface area contributed by atoms with Gasteiger partial charge in [0.05, 0.1) is 22.7 Å². The highest BCUT2D eigenvalue weighted by Gasteiger charge is 2.35. The number of aromatic nitrogens is 2. The molecular formula is C27H27FN4O4S2. The minimum absolute atomic E-state index is 0.0430. The number of hydrogen-bond acceptors (Lipinski definition) is 7. The zero-order valence-electron chi connectivity index (χ0n) is 20.8. The second-order valence-corrected chi connectivity index (χ2v) is 11.9. The van der Waals surface area contributed by atoms with Crippen LogP contribution in [0.5, 0.6) is 5.75 Å². The van der Waals surface area contributed by atoms with E-state index in [4.69, 9.17) is 9.72 Å². The molecule has 0 aliphatic carbocycles. The van der Waals surface area contributed by atoms with Crippen LogP contribution in [-0.4, -0.2) is 48.3 Å². The van der Waals surface area contributed by atoms with Crippen molar-refractivity contribution in [1.29, 1.82) is 0 Å². The Labute approximate surface area is 224 Å². The Kier molecular flexibility index (Phi) is 7.68. The number of hydrogen-bond donors (Lipinski definition) is 0. The van der Waals surface area contributed by atoms with Crippen molar-refractivity contribution in [2.24, 2.45) is 5.92 Å². The van der Waals surface area contributed by atoms with E-state index < -0.39 is 15.8 Å². The number of nitrogens with zero attached hydrogens (tertiary/aromatic N) is 4. The molecule has 0 N–H and O–H groups in total. The molecule has 3 heterocycles. The van der Waals surface area contributed by atoms with E-state index in [1.807, 2.05) is 37.3 Å². The summed E-state index contributed by atoms with van der Waals surface area (Å²) in [6.45, 7) is 3.11. The molecule has 1 fully saturated rings. The molecule has 0 radical (unpaired) electrons. The molecule has 198 valence electrons. The summed E-state index contributed by atoms with van der Waals surface area (Å²) in [5, 5.41) is 0.558. The highest BCUT2D eigenvalue weighted by molar-refractivity contribution is 7.89. The van der Waals surface area contributed by atoms with Gasteiger partial charge in [0.15, 0.2) is 5.13 Å². The number of para-hydroxylation sites is 1. The van der Waals surface area contributed by atoms with Crippen molar-refractivity contribution in [3.05, 3.63) is 78.4 Å². The molecule has 1 saturated heterocycles. The first kappa shape index (κ1) is 26.2. The molecule has 0 atom stereocenters. The van der Waals surface area contributed by atoms with Gasteiger partial charge in [-0.2, -0.15) is 4.31 Å². The lowest BCUT2D eigenvalue weighted by Crippen LogP contribution is -2.44. The van der Waals surface area contributed by atoms with Crippen LogP contribution < -0.4 is 9.64 Å². The smallest absolute Gasteiger partial charge is 0.243 e. The molecular weight excluding hydrogens is 527 g/mol. The van der Waals surface area contributed by atoms with Crippen LogP contribution in [0.3, 0.4) is 0 Å². The van der Waals surface area contributed by atoms with E-state index >= 15 is 0 Å². The monoisotopic (exact) mass is 554 g/mol. The van der Waals surface area contributed by atoms with Gasteiger partial charge < -0.3 is 4.74 Å². The van der Waals surface area contributed by atoms with Gasteiger partial charge in [0.25, 0.3) is 0 Å². The van der Waals surface area contributed by atoms with Crippen molar-refractivity contribution in [3.8, 4) is 5.75 Å². The second-order valence-electron chi connectivity index (χ2n) is 8.95. The average molecular weight is 555 g/mol. The normalized spacial score (nSPS) is 15.0. The van der Waals surface area contributed by atoms with Gasteiger partial charge in [-0.1, -0.05) is 23.5 Å². The van der Waals surface area contributed by atoms with E-state index in [1.165, 1.54) is 27.8 Å². The number of carbonyl (C=O) groups excluding carboxylic acids is 1. The molecule has 4 aromatic rings. The maximum absolute atomic E-state index is 13.9. The molecule has 1 amide bonds. The number of fused-ring (bicyclic) bond motifs is 1. The van der Waals surface area contributed by atoms with E-state index in [2.05, 4.69) is 4.98 Å². The fourth-order valence-corrected chi connectivity index (χ4v) is 6.99. The third kappa shape index (κ3) is 5.40. The molecule has 1 aliphatic heterocycles. The Hall–Kier alpha value is -3.41. The Balaban J connectivity index is 1.38. The van der Waals surface area contributed by atoms with E-state index in [1.54, 1.807) is 17.3 Å². The molecule has 11 heteroatoms. The minimum atomic E-state index is -3.77. The quantitative estimate of drug-likeness (QED) is 0.309. The van der Waals surface area contributed by atoms with Gasteiger partial charge in [-0.3, -0.25) is 14.7 Å². The lowest BCUT2D eigenvalue weighted by Gasteiger charge is -2.33. The van der Waals surface area contributed by atoms with Gasteiger partial charge in [-0.05, 0) is 67.8 Å². The number of pyridine rings is 1. The van der Waals surface area contributed by atoms with Crippen LogP contribution in [0.2, 0.25) is 0 Å². The first-order valence-electron chi connectivity index (χ1n) is 12.3. The summed E-state index contributed by atoms with van der Waals surface area (Å²) in [6, 6.07) is 14.2. The summed E-state index contributed by atoms with van der Waals surface area (Å²) in [5.41, 5.74) is 1.57. The Morgan fingerprint density at radius 2 is 1.89 bits per heavy atom. The van der Waals surface area contributed by atoms with Gasteiger partial charge >= 0.3 is 0 Å². The van der Waals surface area contributed by atoms with Crippen molar-refractivity contribution in [2.75, 3.05) is 24.6 Å². The summed E-state index contributed by atoms with van der Waals surface area (Å²) < 4.78 is 47.4. The zero-order valence-corrected chi connectivity index (χ0v) is 22.4. The fraction of sp³-hybridized carbons (Fsp3) is 0.296. The fourth-order valence-electron chi connectivity index (χ4n) is 4.53. The van der Waals surface area contributed by atoms with Gasteiger partial charge in [-0.15, -0.1) is 0 Å². The molecule has 0 saturated carbocycles. The number of halogens is 1. The predicted octanol–water partition coefficient (Wildman–Crippen LogP) is 4.86. The molecule has 38 heavy (non-hydrogen) atoms. The maximum atomic E-state index is 13.9. The van der Waals surface area contributed by atoms with Crippen molar-refractivity contribution < 1.29 is 22.3 Å². The number of piperidine rings is 1. The molecule has 5 rings (SSSR count). The van der Waals surface area contributed by atoms with E-state index in [9.17, 15) is 17.6 Å². The number of carbonyl (C=O) groups is 1. The first-order valence-corrected chi connectivity index (χ1v) is 14.6. The zero-order chi connectivity index (χ0) is 26.7. The highest BCUT2D eigenvalue weighted by Crippen LogP contribution is 2.36. The van der Waals surface area contributed by atoms with E-state index in [0.29, 0.717) is 42.4 Å². The van der Waals surface area contributed by atoms with Crippen molar-refractivity contribution in [1.82, 2.24) is 14.3 Å². The summed E-state index contributed by atoms with van der Waals surface area (Å²) in [6.07, 6.45) is 4.14. The molecule has 8 nitrogen and oxygen atoms in total. The molecule has 0 unspecified atom stereocenters. The summed E-state index contributed by atoms with van der Waals surface area (Å²) in [7, 11) is -3.77. The number of anilines is 1. The summed E-state index contributed by atoms with van der Waals surface area (Å²) >= 11 is 1.42. The number of ether oxygens (including phenoxy) is 1. The van der Waals surface area contributed by atoms with Crippen LogP contribution in [0.1, 0.15) is 25.3 Å². The Bertz CT molecular complexity index is 1520. The average Bonchev–Trinajstić information content (AvgIpc) is 3.37. The number of thiazole rings is 1. The van der Waals surface area contributed by atoms with Crippen LogP contribution in [0.4, 0.5) is 9.52 Å². The number of sulfonamides is 1. The maximum Gasteiger partial charge on any atom is 0.243 e. The molecule has 2 aromatic heterocycles. The molecule has 1 aliphatic rings. The van der Waals surface area contributed by atoms with E-state index in [-0.39, 0.29) is 29.8 Å². The topological polar surface area (TPSA) is 92.7 Å². The van der Waals surface area contributed by atoms with Crippen molar-refractivity contribution >= 4 is 42.6 Å². The van der Waals surface area contributed by atoms with Gasteiger partial charge in [-0.25, -0.2) is 17.8 Å². The first-order chi connectivity index (χ1) is 18.4. The van der Waals surface area contributed by atoms with Crippen LogP contribution in [0, 0.1) is 11.7 Å². The molecule has 0 bridgehead atoms. The largest absolute Gasteiger partial charge is 0.492 e. The van der Waals surface area contributed by atoms with Crippen LogP contribution in [0.25, 0.3) is 10.2 Å². The third-order valence-electron chi connectivity index (χ3n) is 6.49. The van der Waals surface area contributed by atoms with Gasteiger partial charge in [0, 0.05) is 31.4 Å². The number of benzene rings is 2. The van der Waals surface area contributed by atoms with E-state index in [0.717, 1.165) is 22.4 Å². The van der Waals surface area contributed by atoms with Crippen LogP contribution in [0.15, 0.2) is 71.9 Å².